The van der Waals surface area contributed by atoms with E-state index >= 15 is 0 Å². The molecule has 2 aromatic carbocycles. The number of carbonyl (C=O) groups excluding carboxylic acids is 1. The summed E-state index contributed by atoms with van der Waals surface area (Å²) < 4.78 is 6.95. The van der Waals surface area contributed by atoms with Crippen LogP contribution in [0.2, 0.25) is 0 Å². The van der Waals surface area contributed by atoms with Gasteiger partial charge in [0, 0.05) is 11.5 Å². The van der Waals surface area contributed by atoms with Gasteiger partial charge < -0.3 is 4.74 Å². The molecule has 0 saturated carbocycles. The highest BCUT2D eigenvalue weighted by molar-refractivity contribution is 7.99. The quantitative estimate of drug-likeness (QED) is 0.498. The first-order valence-corrected chi connectivity index (χ1v) is 11.5. The SMILES string of the molecule is CCSc1ccccc1C(=O)N(CC1CCCO1)c1nc2c(C)cccc2s1. The van der Waals surface area contributed by atoms with E-state index in [4.69, 9.17) is 9.72 Å². The van der Waals surface area contributed by atoms with Crippen LogP contribution >= 0.6 is 23.1 Å². The molecular formula is C22H24N2O2S2. The standard InChI is InChI=1S/C22H24N2O2S2/c1-3-27-18-11-5-4-10-17(18)21(25)24(14-16-9-7-13-26-16)22-23-20-15(2)8-6-12-19(20)28-22/h4-6,8,10-12,16H,3,7,9,13-14H2,1-2H3. The Kier molecular flexibility index (Phi) is 5.99. The van der Waals surface area contributed by atoms with Gasteiger partial charge in [0.1, 0.15) is 0 Å². The molecule has 1 saturated heterocycles. The molecular weight excluding hydrogens is 388 g/mol. The monoisotopic (exact) mass is 412 g/mol. The van der Waals surface area contributed by atoms with E-state index in [0.717, 1.165) is 56.6 Å². The van der Waals surface area contributed by atoms with Crippen LogP contribution < -0.4 is 4.90 Å². The summed E-state index contributed by atoms with van der Waals surface area (Å²) in [6.07, 6.45) is 2.11. The first-order chi connectivity index (χ1) is 13.7. The molecule has 1 unspecified atom stereocenters. The van der Waals surface area contributed by atoms with Gasteiger partial charge in [-0.3, -0.25) is 9.69 Å². The minimum absolute atomic E-state index is 0.00348. The first kappa shape index (κ1) is 19.4. The molecule has 1 amide bonds. The Balaban J connectivity index is 1.74. The molecule has 2 heterocycles. The van der Waals surface area contributed by atoms with Crippen molar-refractivity contribution in [3.05, 3.63) is 53.6 Å². The van der Waals surface area contributed by atoms with Crippen molar-refractivity contribution in [3.8, 4) is 0 Å². The summed E-state index contributed by atoms with van der Waals surface area (Å²) >= 11 is 3.27. The largest absolute Gasteiger partial charge is 0.376 e. The fourth-order valence-electron chi connectivity index (χ4n) is 3.50. The molecule has 0 bridgehead atoms. The molecule has 1 fully saturated rings. The summed E-state index contributed by atoms with van der Waals surface area (Å²) in [6, 6.07) is 14.0. The van der Waals surface area contributed by atoms with Crippen LogP contribution in [0.25, 0.3) is 10.2 Å². The number of para-hydroxylation sites is 1. The molecule has 1 aliphatic rings. The van der Waals surface area contributed by atoms with Crippen LogP contribution in [-0.4, -0.2) is 35.9 Å². The van der Waals surface area contributed by atoms with Gasteiger partial charge in [0.25, 0.3) is 5.91 Å². The van der Waals surface area contributed by atoms with Crippen molar-refractivity contribution in [2.75, 3.05) is 23.8 Å². The molecule has 4 rings (SSSR count). The van der Waals surface area contributed by atoms with Gasteiger partial charge in [0.15, 0.2) is 5.13 Å². The highest BCUT2D eigenvalue weighted by Gasteiger charge is 2.28. The van der Waals surface area contributed by atoms with E-state index in [-0.39, 0.29) is 12.0 Å². The molecule has 0 radical (unpaired) electrons. The maximum atomic E-state index is 13.6. The number of anilines is 1. The number of benzene rings is 2. The summed E-state index contributed by atoms with van der Waals surface area (Å²) in [5.41, 5.74) is 2.85. The van der Waals surface area contributed by atoms with Crippen molar-refractivity contribution >= 4 is 44.4 Å². The zero-order valence-electron chi connectivity index (χ0n) is 16.2. The number of hydrogen-bond donors (Lipinski definition) is 0. The number of aromatic nitrogens is 1. The van der Waals surface area contributed by atoms with Crippen LogP contribution in [0, 0.1) is 6.92 Å². The Morgan fingerprint density at radius 2 is 2.14 bits per heavy atom. The second kappa shape index (κ2) is 8.64. The number of thioether (sulfide) groups is 1. The molecule has 146 valence electrons. The lowest BCUT2D eigenvalue weighted by Gasteiger charge is -2.24. The average molecular weight is 413 g/mol. The van der Waals surface area contributed by atoms with E-state index in [1.807, 2.05) is 35.2 Å². The van der Waals surface area contributed by atoms with Gasteiger partial charge in [-0.15, -0.1) is 11.8 Å². The van der Waals surface area contributed by atoms with Gasteiger partial charge in [-0.2, -0.15) is 0 Å². The summed E-state index contributed by atoms with van der Waals surface area (Å²) in [5, 5.41) is 0.751. The van der Waals surface area contributed by atoms with Crippen LogP contribution in [0.3, 0.4) is 0 Å². The lowest BCUT2D eigenvalue weighted by molar-refractivity contribution is 0.0915. The predicted octanol–water partition coefficient (Wildman–Crippen LogP) is 5.54. The number of hydrogen-bond acceptors (Lipinski definition) is 5. The molecule has 3 aromatic rings. The Morgan fingerprint density at radius 3 is 2.89 bits per heavy atom. The Bertz CT molecular complexity index is 980. The minimum Gasteiger partial charge on any atom is -0.376 e. The van der Waals surface area contributed by atoms with Gasteiger partial charge in [-0.1, -0.05) is 42.5 Å². The van der Waals surface area contributed by atoms with Gasteiger partial charge >= 0.3 is 0 Å². The fraction of sp³-hybridized carbons (Fsp3) is 0.364. The van der Waals surface area contributed by atoms with Crippen molar-refractivity contribution in [3.63, 3.8) is 0 Å². The van der Waals surface area contributed by atoms with E-state index in [1.54, 1.807) is 23.1 Å². The van der Waals surface area contributed by atoms with E-state index in [2.05, 4.69) is 26.0 Å². The minimum atomic E-state index is 0.00348. The topological polar surface area (TPSA) is 42.4 Å². The van der Waals surface area contributed by atoms with Crippen LogP contribution in [0.4, 0.5) is 5.13 Å². The number of rotatable bonds is 6. The van der Waals surface area contributed by atoms with Gasteiger partial charge in [-0.25, -0.2) is 4.98 Å². The molecule has 0 spiro atoms. The molecule has 1 aromatic heterocycles. The number of nitrogens with zero attached hydrogens (tertiary/aromatic N) is 2. The zero-order valence-corrected chi connectivity index (χ0v) is 17.8. The van der Waals surface area contributed by atoms with Crippen LogP contribution in [-0.2, 0) is 4.74 Å². The summed E-state index contributed by atoms with van der Waals surface area (Å²) in [5.74, 6) is 0.930. The number of aryl methyl sites for hydroxylation is 1. The van der Waals surface area contributed by atoms with Gasteiger partial charge in [0.05, 0.1) is 28.4 Å². The smallest absolute Gasteiger partial charge is 0.261 e. The highest BCUT2D eigenvalue weighted by atomic mass is 32.2. The molecule has 1 aliphatic heterocycles. The second-order valence-corrected chi connectivity index (χ2v) is 9.21. The average Bonchev–Trinajstić information content (AvgIpc) is 3.36. The maximum absolute atomic E-state index is 13.6. The van der Waals surface area contributed by atoms with Crippen LogP contribution in [0.1, 0.15) is 35.7 Å². The van der Waals surface area contributed by atoms with Crippen molar-refractivity contribution in [2.45, 2.75) is 37.7 Å². The summed E-state index contributed by atoms with van der Waals surface area (Å²) in [6.45, 7) is 5.48. The van der Waals surface area contributed by atoms with Crippen LogP contribution in [0.15, 0.2) is 47.4 Å². The lowest BCUT2D eigenvalue weighted by Crippen LogP contribution is -2.37. The van der Waals surface area contributed by atoms with E-state index < -0.39 is 0 Å². The number of thiazole rings is 1. The van der Waals surface area contributed by atoms with Crippen molar-refractivity contribution in [1.29, 1.82) is 0 Å². The molecule has 6 heteroatoms. The first-order valence-electron chi connectivity index (χ1n) is 9.69. The van der Waals surface area contributed by atoms with Gasteiger partial charge in [0.2, 0.25) is 0 Å². The third kappa shape index (κ3) is 3.95. The van der Waals surface area contributed by atoms with Crippen molar-refractivity contribution < 1.29 is 9.53 Å². The Labute approximate surface area is 173 Å². The molecule has 1 atom stereocenters. The van der Waals surface area contributed by atoms with Crippen LogP contribution in [0.5, 0.6) is 0 Å². The Morgan fingerprint density at radius 1 is 1.29 bits per heavy atom. The van der Waals surface area contributed by atoms with E-state index in [9.17, 15) is 4.79 Å². The van der Waals surface area contributed by atoms with E-state index in [1.165, 1.54) is 0 Å². The number of ether oxygens (including phenoxy) is 1. The normalized spacial score (nSPS) is 16.6. The third-order valence-electron chi connectivity index (χ3n) is 4.91. The number of amides is 1. The maximum Gasteiger partial charge on any atom is 0.261 e. The molecule has 28 heavy (non-hydrogen) atoms. The highest BCUT2D eigenvalue weighted by Crippen LogP contribution is 2.33. The van der Waals surface area contributed by atoms with Crippen molar-refractivity contribution in [2.24, 2.45) is 0 Å². The second-order valence-electron chi connectivity index (χ2n) is 6.90. The number of carbonyl (C=O) groups is 1. The number of fused-ring (bicyclic) bond motifs is 1. The van der Waals surface area contributed by atoms with Gasteiger partial charge in [-0.05, 0) is 49.3 Å². The summed E-state index contributed by atoms with van der Waals surface area (Å²) in [4.78, 5) is 21.3. The zero-order chi connectivity index (χ0) is 19.5. The molecule has 4 nitrogen and oxygen atoms in total. The molecule has 0 aliphatic carbocycles. The third-order valence-corrected chi connectivity index (χ3v) is 6.91. The van der Waals surface area contributed by atoms with E-state index in [0.29, 0.717) is 6.54 Å². The Hall–Kier alpha value is -1.89. The lowest BCUT2D eigenvalue weighted by atomic mass is 10.1. The summed E-state index contributed by atoms with van der Waals surface area (Å²) in [7, 11) is 0. The predicted molar refractivity (Wildman–Crippen MR) is 118 cm³/mol. The fourth-order valence-corrected chi connectivity index (χ4v) is 5.35. The van der Waals surface area contributed by atoms with Crippen molar-refractivity contribution in [1.82, 2.24) is 4.98 Å². The molecule has 0 N–H and O–H groups in total.